The van der Waals surface area contributed by atoms with Gasteiger partial charge in [0.15, 0.2) is 0 Å². The Bertz CT molecular complexity index is 333. The van der Waals surface area contributed by atoms with Crippen molar-refractivity contribution in [3.63, 3.8) is 0 Å². The van der Waals surface area contributed by atoms with E-state index in [2.05, 4.69) is 4.89 Å². The molecule has 1 aromatic carbocycles. The number of aliphatic hydroxyl groups excluding tert-OH is 1. The van der Waals surface area contributed by atoms with Crippen LogP contribution in [0.3, 0.4) is 0 Å². The first kappa shape index (κ1) is 8.44. The highest BCUT2D eigenvalue weighted by molar-refractivity contribution is 5.58. The van der Waals surface area contributed by atoms with Crippen LogP contribution in [0.15, 0.2) is 30.3 Å². The fraction of sp³-hybridized carbons (Fsp3) is 0.200. The zero-order valence-corrected chi connectivity index (χ0v) is 6.88. The van der Waals surface area contributed by atoms with Crippen molar-refractivity contribution in [2.45, 2.75) is 12.2 Å². The van der Waals surface area contributed by atoms with Gasteiger partial charge in [-0.3, -0.25) is 0 Å². The largest absolute Gasteiger partial charge is 0.385 e. The molecule has 0 saturated carbocycles. The Labute approximate surface area is 75.8 Å². The van der Waals surface area contributed by atoms with Crippen molar-refractivity contribution in [3.8, 4) is 0 Å². The van der Waals surface area contributed by atoms with Gasteiger partial charge in [0.1, 0.15) is 12.2 Å². The monoisotopic (exact) mass is 177 g/mol. The SMILES string of the molecule is [O]OC1C=Cc2ccccc2C1O. The van der Waals surface area contributed by atoms with Crippen molar-refractivity contribution in [1.82, 2.24) is 0 Å². The quantitative estimate of drug-likeness (QED) is 0.521. The summed E-state index contributed by atoms with van der Waals surface area (Å²) in [7, 11) is 0. The Morgan fingerprint density at radius 2 is 2.08 bits per heavy atom. The van der Waals surface area contributed by atoms with Crippen LogP contribution in [0.2, 0.25) is 0 Å². The maximum absolute atomic E-state index is 10.2. The van der Waals surface area contributed by atoms with Crippen LogP contribution in [-0.2, 0) is 10.1 Å². The average molecular weight is 177 g/mol. The van der Waals surface area contributed by atoms with Crippen LogP contribution in [0.5, 0.6) is 0 Å². The summed E-state index contributed by atoms with van der Waals surface area (Å²) >= 11 is 0. The minimum absolute atomic E-state index is 0.742. The Balaban J connectivity index is 2.42. The van der Waals surface area contributed by atoms with Gasteiger partial charge in [0.05, 0.1) is 0 Å². The first-order valence-corrected chi connectivity index (χ1v) is 4.07. The summed E-state index contributed by atoms with van der Waals surface area (Å²) in [6.07, 6.45) is 1.73. The molecular weight excluding hydrogens is 168 g/mol. The smallest absolute Gasteiger partial charge is 0.145 e. The zero-order chi connectivity index (χ0) is 9.26. The van der Waals surface area contributed by atoms with E-state index in [0.717, 1.165) is 11.1 Å². The van der Waals surface area contributed by atoms with E-state index in [1.54, 1.807) is 18.2 Å². The van der Waals surface area contributed by atoms with E-state index in [4.69, 9.17) is 0 Å². The topological polar surface area (TPSA) is 49.4 Å². The predicted molar refractivity (Wildman–Crippen MR) is 46.0 cm³/mol. The molecule has 3 heteroatoms. The second-order valence-electron chi connectivity index (χ2n) is 2.99. The first-order valence-electron chi connectivity index (χ1n) is 4.07. The van der Waals surface area contributed by atoms with E-state index in [1.165, 1.54) is 0 Å². The minimum Gasteiger partial charge on any atom is -0.385 e. The molecule has 0 fully saturated rings. The first-order chi connectivity index (χ1) is 6.33. The van der Waals surface area contributed by atoms with Crippen LogP contribution in [0, 0.1) is 0 Å². The lowest BCUT2D eigenvalue weighted by atomic mass is 9.93. The van der Waals surface area contributed by atoms with Gasteiger partial charge in [-0.05, 0) is 22.5 Å². The fourth-order valence-electron chi connectivity index (χ4n) is 1.50. The van der Waals surface area contributed by atoms with Gasteiger partial charge in [-0.2, -0.15) is 4.89 Å². The molecule has 0 spiro atoms. The molecule has 2 rings (SSSR count). The van der Waals surface area contributed by atoms with Crippen LogP contribution in [-0.4, -0.2) is 11.2 Å². The molecule has 67 valence electrons. The highest BCUT2D eigenvalue weighted by Crippen LogP contribution is 2.28. The lowest BCUT2D eigenvalue weighted by molar-refractivity contribution is -0.338. The van der Waals surface area contributed by atoms with Crippen molar-refractivity contribution < 1.29 is 15.3 Å². The third-order valence-corrected chi connectivity index (χ3v) is 2.20. The summed E-state index contributed by atoms with van der Waals surface area (Å²) in [5, 5.41) is 19.8. The Hall–Kier alpha value is -1.16. The van der Waals surface area contributed by atoms with Crippen molar-refractivity contribution in [1.29, 1.82) is 0 Å². The summed E-state index contributed by atoms with van der Waals surface area (Å²) in [6, 6.07) is 7.38. The fourth-order valence-corrected chi connectivity index (χ4v) is 1.50. The van der Waals surface area contributed by atoms with Crippen LogP contribution < -0.4 is 0 Å². The number of aliphatic hydroxyl groups is 1. The molecule has 1 radical (unpaired) electrons. The summed E-state index contributed by atoms with van der Waals surface area (Å²) in [5.74, 6) is 0. The molecule has 0 aromatic heterocycles. The van der Waals surface area contributed by atoms with Crippen LogP contribution in [0.25, 0.3) is 6.08 Å². The highest BCUT2D eigenvalue weighted by Gasteiger charge is 2.24. The van der Waals surface area contributed by atoms with Gasteiger partial charge in [-0.25, -0.2) is 0 Å². The molecule has 0 heterocycles. The Morgan fingerprint density at radius 3 is 2.85 bits per heavy atom. The van der Waals surface area contributed by atoms with E-state index in [9.17, 15) is 10.4 Å². The molecule has 0 bridgehead atoms. The highest BCUT2D eigenvalue weighted by atomic mass is 17.1. The predicted octanol–water partition coefficient (Wildman–Crippen LogP) is 1.48. The summed E-state index contributed by atoms with van der Waals surface area (Å²) in [4.78, 5) is 3.87. The standard InChI is InChI=1S/C10H9O3/c11-10-8-4-2-1-3-7(8)5-6-9(10)13-12/h1-6,9-11H. The lowest BCUT2D eigenvalue weighted by Crippen LogP contribution is -2.21. The summed E-state index contributed by atoms with van der Waals surface area (Å²) in [6.45, 7) is 0. The molecule has 0 saturated heterocycles. The Morgan fingerprint density at radius 1 is 1.31 bits per heavy atom. The molecule has 1 aliphatic rings. The van der Waals surface area contributed by atoms with E-state index < -0.39 is 12.2 Å². The second-order valence-corrected chi connectivity index (χ2v) is 2.99. The maximum Gasteiger partial charge on any atom is 0.145 e. The van der Waals surface area contributed by atoms with Crippen molar-refractivity contribution in [3.05, 3.63) is 41.5 Å². The molecule has 0 amide bonds. The zero-order valence-electron chi connectivity index (χ0n) is 6.88. The molecule has 2 unspecified atom stereocenters. The average Bonchev–Trinajstić information content (AvgIpc) is 2.19. The van der Waals surface area contributed by atoms with E-state index in [0.29, 0.717) is 0 Å². The van der Waals surface area contributed by atoms with Gasteiger partial charge in [-0.1, -0.05) is 30.3 Å². The van der Waals surface area contributed by atoms with Gasteiger partial charge >= 0.3 is 0 Å². The Kier molecular flexibility index (Phi) is 2.14. The number of hydrogen-bond donors (Lipinski definition) is 1. The van der Waals surface area contributed by atoms with E-state index in [1.807, 2.05) is 18.2 Å². The third-order valence-electron chi connectivity index (χ3n) is 2.20. The minimum atomic E-state index is -0.848. The van der Waals surface area contributed by atoms with Gasteiger partial charge in [0.25, 0.3) is 0 Å². The molecule has 1 aromatic rings. The van der Waals surface area contributed by atoms with Crippen LogP contribution in [0.4, 0.5) is 0 Å². The third kappa shape index (κ3) is 1.37. The second kappa shape index (κ2) is 3.30. The van der Waals surface area contributed by atoms with Crippen LogP contribution in [0.1, 0.15) is 17.2 Å². The van der Waals surface area contributed by atoms with Gasteiger partial charge in [0.2, 0.25) is 0 Å². The molecule has 2 atom stereocenters. The van der Waals surface area contributed by atoms with Crippen molar-refractivity contribution in [2.75, 3.05) is 0 Å². The number of benzene rings is 1. The molecule has 0 aliphatic heterocycles. The van der Waals surface area contributed by atoms with Crippen LogP contribution >= 0.6 is 0 Å². The molecular formula is C10H9O3. The van der Waals surface area contributed by atoms with Crippen molar-refractivity contribution >= 4 is 6.08 Å². The van der Waals surface area contributed by atoms with Gasteiger partial charge in [0, 0.05) is 0 Å². The maximum atomic E-state index is 10.2. The summed E-state index contributed by atoms with van der Waals surface area (Å²) in [5.41, 5.74) is 1.68. The van der Waals surface area contributed by atoms with E-state index in [-0.39, 0.29) is 0 Å². The normalized spacial score (nSPS) is 25.7. The lowest BCUT2D eigenvalue weighted by Gasteiger charge is -2.21. The number of fused-ring (bicyclic) bond motifs is 1. The van der Waals surface area contributed by atoms with E-state index >= 15 is 0 Å². The number of rotatable bonds is 1. The number of hydrogen-bond acceptors (Lipinski definition) is 2. The van der Waals surface area contributed by atoms with Crippen molar-refractivity contribution in [2.24, 2.45) is 0 Å². The summed E-state index contributed by atoms with van der Waals surface area (Å²) < 4.78 is 0. The van der Waals surface area contributed by atoms with Gasteiger partial charge in [-0.15, -0.1) is 0 Å². The molecule has 1 N–H and O–H groups in total. The van der Waals surface area contributed by atoms with Gasteiger partial charge < -0.3 is 5.11 Å². The molecule has 13 heavy (non-hydrogen) atoms. The molecule has 1 aliphatic carbocycles. The molecule has 3 nitrogen and oxygen atoms in total.